The zero-order valence-electron chi connectivity index (χ0n) is 51.4. The maximum Gasteiger partial charge on any atom is 0.311 e. The van der Waals surface area contributed by atoms with Crippen LogP contribution in [0.5, 0.6) is 46.0 Å². The number of hydrogen-bond donors (Lipinski definition) is 0. The Morgan fingerprint density at radius 3 is 1.07 bits per heavy atom. The number of unbranched alkanes of at least 4 members (excludes halogenated alkanes) is 2. The summed E-state index contributed by atoms with van der Waals surface area (Å²) in [5.41, 5.74) is 7.00. The molecule has 0 saturated carbocycles. The Labute approximate surface area is 512 Å². The molecule has 0 bridgehead atoms. The van der Waals surface area contributed by atoms with Crippen LogP contribution in [0.3, 0.4) is 0 Å². The van der Waals surface area contributed by atoms with Crippen molar-refractivity contribution in [2.24, 2.45) is 0 Å². The smallest absolute Gasteiger partial charge is 0.311 e. The zero-order chi connectivity index (χ0) is 63.4. The fourth-order valence-corrected chi connectivity index (χ4v) is 12.1. The molecule has 472 valence electrons. The molecule has 87 heavy (non-hydrogen) atoms. The number of carbonyl (C=O) groups is 2. The summed E-state index contributed by atoms with van der Waals surface area (Å²) in [6.07, 6.45) is 5.85. The lowest BCUT2D eigenvalue weighted by Crippen LogP contribution is -2.53. The third-order valence-electron chi connectivity index (χ3n) is 16.1. The molecule has 2 heterocycles. The van der Waals surface area contributed by atoms with E-state index in [2.05, 4.69) is 50.5 Å². The number of benzene rings is 6. The van der Waals surface area contributed by atoms with Crippen molar-refractivity contribution < 1.29 is 91.9 Å². The lowest BCUT2D eigenvalue weighted by atomic mass is 9.86. The third kappa shape index (κ3) is 18.7. The van der Waals surface area contributed by atoms with Crippen LogP contribution in [0.4, 0.5) is 0 Å². The Hall–Kier alpha value is -7.60. The van der Waals surface area contributed by atoms with Gasteiger partial charge in [-0.2, -0.15) is 0 Å². The van der Waals surface area contributed by atoms with Gasteiger partial charge in [0, 0.05) is 36.8 Å². The second kappa shape index (κ2) is 31.9. The molecule has 2 aliphatic heterocycles. The van der Waals surface area contributed by atoms with Crippen molar-refractivity contribution in [3.8, 4) is 46.0 Å². The second-order valence-electron chi connectivity index (χ2n) is 21.5. The maximum absolute atomic E-state index is 13.2. The van der Waals surface area contributed by atoms with Crippen LogP contribution in [0.15, 0.2) is 131 Å². The largest absolute Gasteiger partial charge is 0.744 e. The van der Waals surface area contributed by atoms with E-state index in [0.29, 0.717) is 107 Å². The first kappa shape index (κ1) is 68.5. The average Bonchev–Trinajstić information content (AvgIpc) is 1.78. The first-order valence-electron chi connectivity index (χ1n) is 28.5. The molecular weight excluding hydrogens is 1160 g/mol. The Bertz CT molecular complexity index is 3230. The Kier molecular flexibility index (Phi) is 25.1. The molecule has 0 aromatic heterocycles. The Morgan fingerprint density at radius 2 is 0.759 bits per heavy atom. The summed E-state index contributed by atoms with van der Waals surface area (Å²) >= 11 is 0. The van der Waals surface area contributed by atoms with Crippen LogP contribution in [-0.2, 0) is 65.0 Å². The van der Waals surface area contributed by atoms with E-state index in [1.54, 1.807) is 69.0 Å². The summed E-state index contributed by atoms with van der Waals surface area (Å²) in [6, 6.07) is 34.9. The van der Waals surface area contributed by atoms with Crippen LogP contribution in [0.25, 0.3) is 0 Å². The fourth-order valence-electron chi connectivity index (χ4n) is 11.1. The van der Waals surface area contributed by atoms with Gasteiger partial charge in [-0.3, -0.25) is 9.59 Å². The van der Waals surface area contributed by atoms with E-state index in [-0.39, 0.29) is 33.8 Å². The summed E-state index contributed by atoms with van der Waals surface area (Å²) in [6.45, 7) is 3.57. The van der Waals surface area contributed by atoms with E-state index >= 15 is 0 Å². The highest BCUT2D eigenvalue weighted by Gasteiger charge is 2.42. The molecule has 6 aromatic rings. The van der Waals surface area contributed by atoms with Crippen molar-refractivity contribution in [1.29, 1.82) is 0 Å². The van der Waals surface area contributed by atoms with Gasteiger partial charge in [-0.1, -0.05) is 48.5 Å². The number of esters is 2. The molecule has 20 nitrogen and oxygen atoms in total. The summed E-state index contributed by atoms with van der Waals surface area (Å²) in [7, 11) is 9.11. The van der Waals surface area contributed by atoms with Crippen LogP contribution >= 0.6 is 0 Å². The molecule has 0 spiro atoms. The van der Waals surface area contributed by atoms with Crippen molar-refractivity contribution in [2.75, 3.05) is 110 Å². The van der Waals surface area contributed by atoms with E-state index in [1.807, 2.05) is 24.3 Å². The Balaban J connectivity index is 0.000000507. The van der Waals surface area contributed by atoms with Gasteiger partial charge < -0.3 is 65.4 Å². The lowest BCUT2D eigenvalue weighted by molar-refractivity contribution is -0.940. The number of likely N-dealkylation sites (N-methyl/N-ethyl adjacent to an activating group) is 2. The van der Waals surface area contributed by atoms with Crippen molar-refractivity contribution in [2.45, 2.75) is 79.7 Å². The molecule has 6 aromatic carbocycles. The second-order valence-corrected chi connectivity index (χ2v) is 24.3. The molecule has 0 fully saturated rings. The van der Waals surface area contributed by atoms with Gasteiger partial charge in [-0.05, 0) is 114 Å². The maximum atomic E-state index is 13.2. The predicted molar refractivity (Wildman–Crippen MR) is 324 cm³/mol. The monoisotopic (exact) mass is 1240 g/mol. The molecule has 0 N–H and O–H groups in total. The molecule has 0 saturated heterocycles. The minimum Gasteiger partial charge on any atom is -0.744 e. The number of nitrogens with zero attached hydrogens (tertiary/aromatic N) is 2. The molecule has 8 rings (SSSR count). The highest BCUT2D eigenvalue weighted by atomic mass is 32.2. The summed E-state index contributed by atoms with van der Waals surface area (Å²) < 4.78 is 120. The van der Waals surface area contributed by atoms with Gasteiger partial charge in [0.1, 0.15) is 32.3 Å². The highest BCUT2D eigenvalue weighted by molar-refractivity contribution is 7.86. The van der Waals surface area contributed by atoms with Crippen LogP contribution in [0.1, 0.15) is 77.6 Å². The first-order chi connectivity index (χ1) is 41.6. The van der Waals surface area contributed by atoms with E-state index in [9.17, 15) is 35.5 Å². The molecule has 0 amide bonds. The number of hydrogen-bond acceptors (Lipinski definition) is 18. The van der Waals surface area contributed by atoms with Crippen LogP contribution in [0.2, 0.25) is 0 Å². The topological polar surface area (TPSA) is 241 Å². The molecule has 4 atom stereocenters. The van der Waals surface area contributed by atoms with Crippen molar-refractivity contribution in [3.63, 3.8) is 0 Å². The minimum atomic E-state index is -4.25. The van der Waals surface area contributed by atoms with Gasteiger partial charge in [0.25, 0.3) is 0 Å². The van der Waals surface area contributed by atoms with Gasteiger partial charge >= 0.3 is 11.9 Å². The Morgan fingerprint density at radius 1 is 0.437 bits per heavy atom. The molecule has 0 radical (unpaired) electrons. The highest BCUT2D eigenvalue weighted by Crippen LogP contribution is 2.45. The standard InChI is InChI=1S/C53H72N2O12.2C6H6O3S/c1-54(22-18-38-32-48(62-7)50(64-9)34-40(38)42(54)28-36-14-16-44(58-3)46(30-36)60-5)24-20-52(56)66-26-12-11-13-27-67-53(57)21-25-55(2)23-19-39-33-49(63-8)51(65-10)35-41(39)43(55)29-37-15-17-45(59-4)47(31-37)61-6;2*7-10(8,9)6-4-2-1-3-5-6/h14-17,30-35,42-43H,11-13,18-29H2,1-10H3;2*1-5H,(H,7,8,9)/q+2;;/p-2/t42-,43+,54-,55+;;. The molecule has 0 aliphatic carbocycles. The van der Waals surface area contributed by atoms with Gasteiger partial charge in [-0.25, -0.2) is 16.8 Å². The predicted octanol–water partition coefficient (Wildman–Crippen LogP) is 9.25. The van der Waals surface area contributed by atoms with Crippen LogP contribution < -0.4 is 37.9 Å². The van der Waals surface area contributed by atoms with Gasteiger partial charge in [0.15, 0.2) is 46.0 Å². The number of rotatable bonds is 26. The molecular formula is C65H82N2O18S2. The number of carbonyl (C=O) groups excluding carboxylic acids is 2. The zero-order valence-corrected chi connectivity index (χ0v) is 53.0. The summed E-state index contributed by atoms with van der Waals surface area (Å²) in [4.78, 5) is 26.0. The molecule has 22 heteroatoms. The number of ether oxygens (including phenoxy) is 10. The van der Waals surface area contributed by atoms with Gasteiger partial charge in [-0.15, -0.1) is 0 Å². The van der Waals surface area contributed by atoms with Crippen LogP contribution in [-0.4, -0.2) is 157 Å². The normalized spacial score (nSPS) is 17.7. The average molecular weight is 1240 g/mol. The fraction of sp³-hybridized carbons (Fsp3) is 0.415. The number of fused-ring (bicyclic) bond motifs is 2. The van der Waals surface area contributed by atoms with Crippen molar-refractivity contribution in [1.82, 2.24) is 0 Å². The van der Waals surface area contributed by atoms with Crippen molar-refractivity contribution in [3.05, 3.63) is 155 Å². The lowest BCUT2D eigenvalue weighted by Gasteiger charge is -2.46. The van der Waals surface area contributed by atoms with E-state index < -0.39 is 20.2 Å². The number of methoxy groups -OCH3 is 8. The van der Waals surface area contributed by atoms with Gasteiger partial charge in [0.05, 0.1) is 133 Å². The first-order valence-corrected chi connectivity index (χ1v) is 31.3. The quantitative estimate of drug-likeness (QED) is 0.0213. The summed E-state index contributed by atoms with van der Waals surface area (Å²) in [5.74, 6) is 5.06. The molecule has 2 aliphatic rings. The molecule has 0 unspecified atom stereocenters. The number of quaternary nitrogens is 2. The van der Waals surface area contributed by atoms with E-state index in [0.717, 1.165) is 56.3 Å². The van der Waals surface area contributed by atoms with E-state index in [4.69, 9.17) is 47.4 Å². The van der Waals surface area contributed by atoms with Crippen molar-refractivity contribution >= 4 is 32.2 Å². The summed E-state index contributed by atoms with van der Waals surface area (Å²) in [5, 5.41) is 0. The SMILES string of the molecule is COc1ccc(C[C@@H]2c3cc(OC)c(OC)cc3CC[N@+]2(C)CCC(=O)OCCCCCOC(=O)CC[N@+]2(C)CCc3cc(OC)c(OC)cc3[C@@H]2Cc2ccc(OC)c(OC)c2)cc1OC.O=S(=O)([O-])c1ccccc1.O=S(=O)([O-])c1ccccc1. The van der Waals surface area contributed by atoms with Gasteiger partial charge in [0.2, 0.25) is 0 Å². The van der Waals surface area contributed by atoms with E-state index in [1.165, 1.54) is 70.8 Å². The van der Waals surface area contributed by atoms with Crippen LogP contribution in [0, 0.1) is 0 Å². The minimum absolute atomic E-state index is 0.0393. The third-order valence-corrected chi connectivity index (χ3v) is 17.8.